The average molecular weight is 387 g/mol. The number of aliphatic hydroxyl groups is 1. The maximum atomic E-state index is 12.7. The Labute approximate surface area is 150 Å². The summed E-state index contributed by atoms with van der Waals surface area (Å²) in [4.78, 5) is 31.8. The third-order valence-corrected chi connectivity index (χ3v) is 4.02. The molecule has 1 aliphatic rings. The van der Waals surface area contributed by atoms with E-state index in [0.717, 1.165) is 0 Å². The molecule has 146 valence electrons. The lowest BCUT2D eigenvalue weighted by Crippen LogP contribution is -2.60. The van der Waals surface area contributed by atoms with Crippen LogP contribution in [0.3, 0.4) is 0 Å². The molecular formula is C16H16F3N3O5. The van der Waals surface area contributed by atoms with Gasteiger partial charge in [0.05, 0.1) is 6.54 Å². The molecule has 1 amide bonds. The Morgan fingerprint density at radius 1 is 1.37 bits per heavy atom. The SMILES string of the molecule is N[C@@](Cc1c[nH]c2ccccc12)(OC(=O)C(F)(F)F)C(=O)N1C[C@H](O)CO1. The third-order valence-electron chi connectivity index (χ3n) is 4.02. The summed E-state index contributed by atoms with van der Waals surface area (Å²) < 4.78 is 42.4. The van der Waals surface area contributed by atoms with Gasteiger partial charge in [0.1, 0.15) is 12.7 Å². The Balaban J connectivity index is 1.93. The fraction of sp³-hybridized carbons (Fsp3) is 0.375. The van der Waals surface area contributed by atoms with E-state index in [4.69, 9.17) is 10.6 Å². The molecular weight excluding hydrogens is 371 g/mol. The van der Waals surface area contributed by atoms with Gasteiger partial charge < -0.3 is 14.8 Å². The zero-order valence-electron chi connectivity index (χ0n) is 13.8. The van der Waals surface area contributed by atoms with Crippen LogP contribution in [0.25, 0.3) is 10.9 Å². The number of carbonyl (C=O) groups is 2. The topological polar surface area (TPSA) is 118 Å². The van der Waals surface area contributed by atoms with Crippen LogP contribution in [0.2, 0.25) is 0 Å². The molecule has 3 rings (SSSR count). The summed E-state index contributed by atoms with van der Waals surface area (Å²) in [6.45, 7) is -0.544. The molecule has 1 aromatic heterocycles. The van der Waals surface area contributed by atoms with Gasteiger partial charge in [0, 0.05) is 23.5 Å². The second-order valence-corrected chi connectivity index (χ2v) is 6.13. The summed E-state index contributed by atoms with van der Waals surface area (Å²) in [6.07, 6.45) is -5.44. The smallest absolute Gasteiger partial charge is 0.427 e. The molecule has 0 aliphatic carbocycles. The fourth-order valence-electron chi connectivity index (χ4n) is 2.76. The highest BCUT2D eigenvalue weighted by molar-refractivity contribution is 5.90. The standard InChI is InChI=1S/C16H16F3N3O5/c17-16(18,19)14(25)27-15(20,13(24)22-7-10(23)8-26-22)5-9-6-21-12-4-2-1-3-11(9)12/h1-4,6,10,21,23H,5,7-8,20H2/t10-,15-/m0/s1. The molecule has 0 unspecified atom stereocenters. The summed E-state index contributed by atoms with van der Waals surface area (Å²) in [5, 5.41) is 10.7. The van der Waals surface area contributed by atoms with Crippen molar-refractivity contribution < 1.29 is 37.4 Å². The first-order chi connectivity index (χ1) is 12.6. The summed E-state index contributed by atoms with van der Waals surface area (Å²) in [5.41, 5.74) is 4.19. The number of aromatic nitrogens is 1. The van der Waals surface area contributed by atoms with Gasteiger partial charge in [0.15, 0.2) is 0 Å². The number of halogens is 3. The number of H-pyrrole nitrogens is 1. The van der Waals surface area contributed by atoms with E-state index in [-0.39, 0.29) is 13.2 Å². The number of alkyl halides is 3. The third kappa shape index (κ3) is 3.89. The van der Waals surface area contributed by atoms with Gasteiger partial charge in [-0.3, -0.25) is 15.4 Å². The molecule has 2 atom stereocenters. The number of aromatic amines is 1. The van der Waals surface area contributed by atoms with Gasteiger partial charge in [-0.25, -0.2) is 9.86 Å². The first-order valence-corrected chi connectivity index (χ1v) is 7.87. The minimum atomic E-state index is -5.34. The highest BCUT2D eigenvalue weighted by atomic mass is 19.4. The number of fused-ring (bicyclic) bond motifs is 1. The van der Waals surface area contributed by atoms with Crippen molar-refractivity contribution >= 4 is 22.8 Å². The van der Waals surface area contributed by atoms with Crippen LogP contribution < -0.4 is 5.73 Å². The van der Waals surface area contributed by atoms with Crippen molar-refractivity contribution in [1.82, 2.24) is 10.0 Å². The van der Waals surface area contributed by atoms with Gasteiger partial charge in [-0.1, -0.05) is 18.2 Å². The predicted octanol–water partition coefficient (Wildman–Crippen LogP) is 0.606. The van der Waals surface area contributed by atoms with Crippen LogP contribution in [0, 0.1) is 0 Å². The van der Waals surface area contributed by atoms with Crippen molar-refractivity contribution in [2.24, 2.45) is 5.73 Å². The van der Waals surface area contributed by atoms with Gasteiger partial charge in [0.2, 0.25) is 5.72 Å². The summed E-state index contributed by atoms with van der Waals surface area (Å²) in [6, 6.07) is 6.84. The molecule has 4 N–H and O–H groups in total. The second-order valence-electron chi connectivity index (χ2n) is 6.13. The minimum Gasteiger partial charge on any atom is -0.427 e. The fourth-order valence-corrected chi connectivity index (χ4v) is 2.76. The summed E-state index contributed by atoms with van der Waals surface area (Å²) in [5.74, 6) is -3.81. The summed E-state index contributed by atoms with van der Waals surface area (Å²) in [7, 11) is 0. The van der Waals surface area contributed by atoms with Gasteiger partial charge in [-0.05, 0) is 11.6 Å². The van der Waals surface area contributed by atoms with Gasteiger partial charge >= 0.3 is 18.1 Å². The van der Waals surface area contributed by atoms with Crippen LogP contribution in [0.1, 0.15) is 5.56 Å². The van der Waals surface area contributed by atoms with Crippen molar-refractivity contribution in [3.8, 4) is 0 Å². The lowest BCUT2D eigenvalue weighted by molar-refractivity contribution is -0.223. The van der Waals surface area contributed by atoms with Crippen LogP contribution in [0.5, 0.6) is 0 Å². The highest BCUT2D eigenvalue weighted by Crippen LogP contribution is 2.27. The predicted molar refractivity (Wildman–Crippen MR) is 84.7 cm³/mol. The molecule has 1 saturated heterocycles. The minimum absolute atomic E-state index is 0.234. The molecule has 0 radical (unpaired) electrons. The number of nitrogens with two attached hydrogens (primary N) is 1. The summed E-state index contributed by atoms with van der Waals surface area (Å²) >= 11 is 0. The van der Waals surface area contributed by atoms with E-state index in [1.54, 1.807) is 24.3 Å². The molecule has 0 bridgehead atoms. The Morgan fingerprint density at radius 3 is 2.70 bits per heavy atom. The first-order valence-electron chi connectivity index (χ1n) is 7.87. The number of β-amino-alcohol motifs (C(OH)–C–C–N with tert-alkyl or cyclic N) is 1. The van der Waals surface area contributed by atoms with Crippen molar-refractivity contribution in [3.63, 3.8) is 0 Å². The number of nitrogens with one attached hydrogen (secondary N) is 1. The van der Waals surface area contributed by atoms with E-state index < -0.39 is 36.3 Å². The monoisotopic (exact) mass is 387 g/mol. The molecule has 1 aliphatic heterocycles. The van der Waals surface area contributed by atoms with Crippen LogP contribution in [-0.4, -0.2) is 58.2 Å². The van der Waals surface area contributed by atoms with Crippen molar-refractivity contribution in [2.75, 3.05) is 13.2 Å². The van der Waals surface area contributed by atoms with E-state index in [1.807, 2.05) is 0 Å². The number of aliphatic hydroxyl groups excluding tert-OH is 1. The van der Waals surface area contributed by atoms with E-state index in [1.165, 1.54) is 6.20 Å². The largest absolute Gasteiger partial charge is 0.491 e. The normalized spacial score (nSPS) is 19.9. The first kappa shape index (κ1) is 19.1. The number of para-hydroxylation sites is 1. The molecule has 0 saturated carbocycles. The molecule has 8 nitrogen and oxygen atoms in total. The number of hydrogen-bond donors (Lipinski definition) is 3. The van der Waals surface area contributed by atoms with Crippen LogP contribution in [0.4, 0.5) is 13.2 Å². The van der Waals surface area contributed by atoms with Crippen LogP contribution in [-0.2, 0) is 25.6 Å². The molecule has 1 fully saturated rings. The number of amides is 1. The number of rotatable bonds is 4. The number of nitrogens with zero attached hydrogens (tertiary/aromatic N) is 1. The Kier molecular flexibility index (Phi) is 4.84. The van der Waals surface area contributed by atoms with E-state index in [0.29, 0.717) is 21.5 Å². The van der Waals surface area contributed by atoms with Crippen molar-refractivity contribution in [1.29, 1.82) is 0 Å². The maximum Gasteiger partial charge on any atom is 0.491 e. The molecule has 11 heteroatoms. The van der Waals surface area contributed by atoms with E-state index in [2.05, 4.69) is 9.72 Å². The van der Waals surface area contributed by atoms with Crippen LogP contribution in [0.15, 0.2) is 30.5 Å². The Bertz CT molecular complexity index is 868. The van der Waals surface area contributed by atoms with Gasteiger partial charge in [-0.2, -0.15) is 13.2 Å². The highest BCUT2D eigenvalue weighted by Gasteiger charge is 2.51. The number of ether oxygens (including phenoxy) is 1. The van der Waals surface area contributed by atoms with Crippen molar-refractivity contribution in [2.45, 2.75) is 24.4 Å². The lowest BCUT2D eigenvalue weighted by Gasteiger charge is -2.31. The van der Waals surface area contributed by atoms with Crippen molar-refractivity contribution in [3.05, 3.63) is 36.0 Å². The Morgan fingerprint density at radius 2 is 2.07 bits per heavy atom. The number of benzene rings is 1. The number of hydrogen-bond acceptors (Lipinski definition) is 6. The van der Waals surface area contributed by atoms with Crippen LogP contribution >= 0.6 is 0 Å². The van der Waals surface area contributed by atoms with Gasteiger partial charge in [0.25, 0.3) is 0 Å². The zero-order chi connectivity index (χ0) is 19.8. The second kappa shape index (κ2) is 6.83. The maximum absolute atomic E-state index is 12.7. The number of esters is 1. The molecule has 0 spiro atoms. The zero-order valence-corrected chi connectivity index (χ0v) is 13.8. The molecule has 1 aromatic carbocycles. The molecule has 2 aromatic rings. The van der Waals surface area contributed by atoms with Gasteiger partial charge in [-0.15, -0.1) is 0 Å². The lowest BCUT2D eigenvalue weighted by atomic mass is 10.0. The van der Waals surface area contributed by atoms with E-state index in [9.17, 15) is 27.9 Å². The number of carbonyl (C=O) groups excluding carboxylic acids is 2. The Hall–Kier alpha value is -2.63. The molecule has 2 heterocycles. The quantitative estimate of drug-likeness (QED) is 0.523. The average Bonchev–Trinajstić information content (AvgIpc) is 3.20. The van der Waals surface area contributed by atoms with E-state index >= 15 is 0 Å². The number of hydroxylamine groups is 2. The molecule has 27 heavy (non-hydrogen) atoms.